The number of fused-ring (bicyclic) bond motifs is 1. The second-order valence-electron chi connectivity index (χ2n) is 5.47. The highest BCUT2D eigenvalue weighted by Crippen LogP contribution is 2.19. The fourth-order valence-electron chi connectivity index (χ4n) is 2.52. The van der Waals surface area contributed by atoms with E-state index < -0.39 is 12.0 Å². The molecule has 6 heteroatoms. The summed E-state index contributed by atoms with van der Waals surface area (Å²) in [5, 5.41) is 13.6. The van der Waals surface area contributed by atoms with E-state index in [1.807, 2.05) is 37.4 Å². The highest BCUT2D eigenvalue weighted by atomic mass is 16.4. The van der Waals surface area contributed by atoms with Crippen LogP contribution in [0.5, 0.6) is 0 Å². The molecule has 0 bridgehead atoms. The molecule has 0 aliphatic heterocycles. The molecule has 0 spiro atoms. The number of aliphatic carboxylic acids is 1. The first kappa shape index (κ1) is 15.2. The van der Waals surface area contributed by atoms with Crippen LogP contribution >= 0.6 is 0 Å². The van der Waals surface area contributed by atoms with Gasteiger partial charge in [-0.1, -0.05) is 18.2 Å². The Bertz CT molecular complexity index is 811. The zero-order chi connectivity index (χ0) is 16.2. The molecule has 0 saturated carbocycles. The molecule has 1 aromatic carbocycles. The van der Waals surface area contributed by atoms with Crippen molar-refractivity contribution in [1.29, 1.82) is 0 Å². The number of hydrogen-bond acceptors (Lipinski definition) is 4. The molecular formula is C17H18N4O2. The predicted molar refractivity (Wildman–Crippen MR) is 87.0 cm³/mol. The van der Waals surface area contributed by atoms with Crippen molar-refractivity contribution in [3.63, 3.8) is 0 Å². The number of benzene rings is 1. The molecule has 0 amide bonds. The van der Waals surface area contributed by atoms with Gasteiger partial charge >= 0.3 is 5.97 Å². The molecule has 0 aliphatic carbocycles. The second-order valence-corrected chi connectivity index (χ2v) is 5.47. The fraction of sp³-hybridized carbons (Fsp3) is 0.235. The van der Waals surface area contributed by atoms with Crippen LogP contribution in [0.3, 0.4) is 0 Å². The molecule has 0 radical (unpaired) electrons. The minimum atomic E-state index is -0.872. The van der Waals surface area contributed by atoms with Crippen LogP contribution in [0, 0.1) is 6.92 Å². The first-order valence-electron chi connectivity index (χ1n) is 7.42. The van der Waals surface area contributed by atoms with E-state index in [4.69, 9.17) is 0 Å². The molecule has 3 aromatic rings. The Morgan fingerprint density at radius 1 is 1.30 bits per heavy atom. The number of rotatable bonds is 6. The Hall–Kier alpha value is -2.73. The van der Waals surface area contributed by atoms with Crippen molar-refractivity contribution < 1.29 is 9.90 Å². The molecular weight excluding hydrogens is 292 g/mol. The third-order valence-electron chi connectivity index (χ3n) is 3.78. The van der Waals surface area contributed by atoms with Crippen molar-refractivity contribution in [2.24, 2.45) is 0 Å². The minimum absolute atomic E-state index is 0.409. The van der Waals surface area contributed by atoms with Crippen LogP contribution in [-0.4, -0.2) is 32.1 Å². The van der Waals surface area contributed by atoms with Gasteiger partial charge in [0.1, 0.15) is 11.9 Å². The van der Waals surface area contributed by atoms with Crippen LogP contribution in [0.2, 0.25) is 0 Å². The Labute approximate surface area is 133 Å². The third-order valence-corrected chi connectivity index (χ3v) is 3.78. The van der Waals surface area contributed by atoms with Crippen molar-refractivity contribution in [3.8, 4) is 0 Å². The van der Waals surface area contributed by atoms with E-state index >= 15 is 0 Å². The molecule has 118 valence electrons. The second kappa shape index (κ2) is 6.58. The summed E-state index contributed by atoms with van der Waals surface area (Å²) in [7, 11) is 0. The summed E-state index contributed by atoms with van der Waals surface area (Å²) in [6.45, 7) is 2.23. The van der Waals surface area contributed by atoms with Crippen molar-refractivity contribution >= 4 is 16.9 Å². The molecule has 0 saturated heterocycles. The highest BCUT2D eigenvalue weighted by molar-refractivity contribution is 5.84. The van der Waals surface area contributed by atoms with Gasteiger partial charge in [0, 0.05) is 48.0 Å². The quantitative estimate of drug-likeness (QED) is 0.648. The SMILES string of the molecule is Cc1ncc(CN[C@H](Cc2c[nH]c3ccccc23)C(=O)O)cn1. The van der Waals surface area contributed by atoms with Crippen LogP contribution < -0.4 is 5.32 Å². The summed E-state index contributed by atoms with van der Waals surface area (Å²) in [6, 6.07) is 7.20. The number of carboxylic acid groups (broad SMARTS) is 1. The number of aryl methyl sites for hydroxylation is 1. The largest absolute Gasteiger partial charge is 0.480 e. The molecule has 0 unspecified atom stereocenters. The van der Waals surface area contributed by atoms with E-state index in [1.165, 1.54) is 0 Å². The number of hydrogen-bond donors (Lipinski definition) is 3. The molecule has 2 heterocycles. The van der Waals surface area contributed by atoms with E-state index in [1.54, 1.807) is 12.4 Å². The minimum Gasteiger partial charge on any atom is -0.480 e. The zero-order valence-corrected chi connectivity index (χ0v) is 12.8. The van der Waals surface area contributed by atoms with Gasteiger partial charge in [0.05, 0.1) is 0 Å². The Morgan fingerprint density at radius 2 is 2.04 bits per heavy atom. The van der Waals surface area contributed by atoms with Crippen LogP contribution in [0.25, 0.3) is 10.9 Å². The van der Waals surface area contributed by atoms with Gasteiger partial charge in [-0.05, 0) is 18.6 Å². The van der Waals surface area contributed by atoms with Crippen molar-refractivity contribution in [2.45, 2.75) is 25.9 Å². The maximum Gasteiger partial charge on any atom is 0.321 e. The van der Waals surface area contributed by atoms with Gasteiger partial charge in [-0.25, -0.2) is 9.97 Å². The summed E-state index contributed by atoms with van der Waals surface area (Å²) in [5.41, 5.74) is 2.86. The van der Waals surface area contributed by atoms with E-state index in [9.17, 15) is 9.90 Å². The van der Waals surface area contributed by atoms with Crippen molar-refractivity contribution in [3.05, 3.63) is 59.8 Å². The molecule has 0 aliphatic rings. The van der Waals surface area contributed by atoms with Crippen LogP contribution in [0.4, 0.5) is 0 Å². The lowest BCUT2D eigenvalue weighted by Gasteiger charge is -2.14. The summed E-state index contributed by atoms with van der Waals surface area (Å²) in [6.07, 6.45) is 5.70. The first-order valence-corrected chi connectivity index (χ1v) is 7.42. The molecule has 23 heavy (non-hydrogen) atoms. The molecule has 0 fully saturated rings. The number of aromatic amines is 1. The number of nitrogens with one attached hydrogen (secondary N) is 2. The van der Waals surface area contributed by atoms with Crippen molar-refractivity contribution in [1.82, 2.24) is 20.3 Å². The standard InChI is InChI=1S/C17H18N4O2/c1-11-18-7-12(8-19-11)9-20-16(17(22)23)6-13-10-21-15-5-3-2-4-14(13)15/h2-5,7-8,10,16,20-21H,6,9H2,1H3,(H,22,23)/t16-/m1/s1. The number of H-pyrrole nitrogens is 1. The van der Waals surface area contributed by atoms with Gasteiger partial charge < -0.3 is 10.1 Å². The smallest absolute Gasteiger partial charge is 0.321 e. The molecule has 6 nitrogen and oxygen atoms in total. The van der Waals surface area contributed by atoms with Crippen LogP contribution in [-0.2, 0) is 17.8 Å². The van der Waals surface area contributed by atoms with E-state index in [-0.39, 0.29) is 0 Å². The Balaban J connectivity index is 1.71. The first-order chi connectivity index (χ1) is 11.1. The number of para-hydroxylation sites is 1. The summed E-state index contributed by atoms with van der Waals surface area (Å²) in [5.74, 6) is -0.175. The fourth-order valence-corrected chi connectivity index (χ4v) is 2.52. The average Bonchev–Trinajstić information content (AvgIpc) is 2.96. The van der Waals surface area contributed by atoms with Gasteiger partial charge in [-0.3, -0.25) is 10.1 Å². The number of carbonyl (C=O) groups is 1. The lowest BCUT2D eigenvalue weighted by atomic mass is 10.0. The van der Waals surface area contributed by atoms with E-state index in [0.717, 1.165) is 22.0 Å². The van der Waals surface area contributed by atoms with Gasteiger partial charge in [-0.15, -0.1) is 0 Å². The Kier molecular flexibility index (Phi) is 4.34. The number of carboxylic acids is 1. The van der Waals surface area contributed by atoms with E-state index in [2.05, 4.69) is 20.3 Å². The monoisotopic (exact) mass is 310 g/mol. The summed E-state index contributed by atoms with van der Waals surface area (Å²) >= 11 is 0. The van der Waals surface area contributed by atoms with Crippen molar-refractivity contribution in [2.75, 3.05) is 0 Å². The molecule has 1 atom stereocenters. The Morgan fingerprint density at radius 3 is 2.78 bits per heavy atom. The van der Waals surface area contributed by atoms with Crippen LogP contribution in [0.1, 0.15) is 17.0 Å². The van der Waals surface area contributed by atoms with Gasteiger partial charge in [-0.2, -0.15) is 0 Å². The van der Waals surface area contributed by atoms with Gasteiger partial charge in [0.2, 0.25) is 0 Å². The maximum atomic E-state index is 11.5. The molecule has 3 rings (SSSR count). The number of nitrogens with zero attached hydrogens (tertiary/aromatic N) is 2. The topological polar surface area (TPSA) is 90.9 Å². The number of aromatic nitrogens is 3. The zero-order valence-electron chi connectivity index (χ0n) is 12.8. The normalized spacial score (nSPS) is 12.4. The van der Waals surface area contributed by atoms with E-state index in [0.29, 0.717) is 18.8 Å². The lowest BCUT2D eigenvalue weighted by Crippen LogP contribution is -2.38. The molecule has 2 aromatic heterocycles. The summed E-state index contributed by atoms with van der Waals surface area (Å²) in [4.78, 5) is 22.9. The maximum absolute atomic E-state index is 11.5. The predicted octanol–water partition coefficient (Wildman–Crippen LogP) is 2.05. The summed E-state index contributed by atoms with van der Waals surface area (Å²) < 4.78 is 0. The third kappa shape index (κ3) is 3.54. The van der Waals surface area contributed by atoms with Gasteiger partial charge in [0.15, 0.2) is 0 Å². The molecule has 3 N–H and O–H groups in total. The van der Waals surface area contributed by atoms with Gasteiger partial charge in [0.25, 0.3) is 0 Å². The average molecular weight is 310 g/mol. The highest BCUT2D eigenvalue weighted by Gasteiger charge is 2.19. The lowest BCUT2D eigenvalue weighted by molar-refractivity contribution is -0.139. The van der Waals surface area contributed by atoms with Crippen LogP contribution in [0.15, 0.2) is 42.9 Å².